The van der Waals surface area contributed by atoms with Crippen molar-refractivity contribution in [2.24, 2.45) is 0 Å². The Morgan fingerprint density at radius 1 is 1.24 bits per heavy atom. The van der Waals surface area contributed by atoms with Crippen molar-refractivity contribution in [3.05, 3.63) is 52.5 Å². The highest BCUT2D eigenvalue weighted by atomic mass is 35.5. The molecule has 0 fully saturated rings. The number of anilines is 1. The van der Waals surface area contributed by atoms with Crippen LogP contribution >= 0.6 is 22.9 Å². The van der Waals surface area contributed by atoms with E-state index >= 15 is 0 Å². The minimum Gasteiger partial charge on any atom is -0.494 e. The molecule has 3 aromatic rings. The fraction of sp³-hybridized carbons (Fsp3) is 0.263. The number of halogens is 1. The largest absolute Gasteiger partial charge is 0.494 e. The van der Waals surface area contributed by atoms with Crippen molar-refractivity contribution in [1.29, 1.82) is 0 Å². The number of fused-ring (bicyclic) bond motifs is 1. The van der Waals surface area contributed by atoms with Crippen LogP contribution < -0.4 is 10.1 Å². The Kier molecular flexibility index (Phi) is 5.56. The number of rotatable bonds is 6. The van der Waals surface area contributed by atoms with Gasteiger partial charge in [-0.25, -0.2) is 4.98 Å². The maximum absolute atomic E-state index is 12.1. The van der Waals surface area contributed by atoms with Gasteiger partial charge in [-0.1, -0.05) is 29.0 Å². The molecule has 0 spiro atoms. The van der Waals surface area contributed by atoms with Crippen LogP contribution in [0.1, 0.15) is 24.0 Å². The minimum atomic E-state index is -0.0480. The van der Waals surface area contributed by atoms with Gasteiger partial charge >= 0.3 is 0 Å². The maximum Gasteiger partial charge on any atom is 0.226 e. The lowest BCUT2D eigenvalue weighted by Gasteiger charge is -2.06. The summed E-state index contributed by atoms with van der Waals surface area (Å²) in [6.07, 6.45) is 1.03. The first kappa shape index (κ1) is 17.7. The number of aryl methyl sites for hydroxylation is 2. The lowest BCUT2D eigenvalue weighted by molar-refractivity contribution is -0.116. The second kappa shape index (κ2) is 7.85. The molecule has 0 radical (unpaired) electrons. The van der Waals surface area contributed by atoms with E-state index in [1.165, 1.54) is 16.9 Å². The van der Waals surface area contributed by atoms with Gasteiger partial charge in [0.2, 0.25) is 5.91 Å². The van der Waals surface area contributed by atoms with Crippen LogP contribution in [0.3, 0.4) is 0 Å². The third kappa shape index (κ3) is 4.71. The minimum absolute atomic E-state index is 0.0480. The molecular weight excluding hydrogens is 356 g/mol. The summed E-state index contributed by atoms with van der Waals surface area (Å²) in [6, 6.07) is 11.4. The number of amides is 1. The number of ether oxygens (including phenoxy) is 1. The van der Waals surface area contributed by atoms with Crippen molar-refractivity contribution in [3.63, 3.8) is 0 Å². The van der Waals surface area contributed by atoms with Crippen LogP contribution in [-0.4, -0.2) is 17.5 Å². The average Bonchev–Trinajstić information content (AvgIpc) is 2.96. The Balaban J connectivity index is 1.49. The monoisotopic (exact) mass is 374 g/mol. The van der Waals surface area contributed by atoms with Gasteiger partial charge in [0.05, 0.1) is 16.8 Å². The molecular formula is C19H19ClN2O2S. The van der Waals surface area contributed by atoms with Gasteiger partial charge in [0, 0.05) is 11.4 Å². The van der Waals surface area contributed by atoms with Crippen molar-refractivity contribution in [2.45, 2.75) is 26.7 Å². The van der Waals surface area contributed by atoms with Crippen molar-refractivity contribution < 1.29 is 9.53 Å². The second-order valence-corrected chi connectivity index (χ2v) is 7.37. The van der Waals surface area contributed by atoms with Crippen molar-refractivity contribution >= 4 is 44.2 Å². The molecule has 1 N–H and O–H groups in total. The van der Waals surface area contributed by atoms with E-state index < -0.39 is 0 Å². The summed E-state index contributed by atoms with van der Waals surface area (Å²) in [5.74, 6) is 0.704. The van der Waals surface area contributed by atoms with E-state index in [0.29, 0.717) is 29.6 Å². The standard InChI is InChI=1S/C19H19ClN2O2S/c1-12-10-13(2)18-16(11-12)25-19(22-18)21-17(23)4-3-9-24-15-7-5-14(20)6-8-15/h5-8,10-11H,3-4,9H2,1-2H3,(H,21,22,23). The van der Waals surface area contributed by atoms with Crippen molar-refractivity contribution in [3.8, 4) is 5.75 Å². The van der Waals surface area contributed by atoms with Gasteiger partial charge in [-0.15, -0.1) is 0 Å². The Hall–Kier alpha value is -2.11. The van der Waals surface area contributed by atoms with Crippen LogP contribution in [-0.2, 0) is 4.79 Å². The summed E-state index contributed by atoms with van der Waals surface area (Å²) in [4.78, 5) is 16.6. The van der Waals surface area contributed by atoms with E-state index in [4.69, 9.17) is 16.3 Å². The number of nitrogens with one attached hydrogen (secondary N) is 1. The third-order valence-electron chi connectivity index (χ3n) is 3.71. The average molecular weight is 375 g/mol. The number of benzene rings is 2. The predicted octanol–water partition coefficient (Wildman–Crippen LogP) is 5.36. The molecule has 130 valence electrons. The number of aromatic nitrogens is 1. The summed E-state index contributed by atoms with van der Waals surface area (Å²) >= 11 is 7.33. The van der Waals surface area contributed by atoms with Gasteiger partial charge in [-0.3, -0.25) is 4.79 Å². The smallest absolute Gasteiger partial charge is 0.226 e. The molecule has 0 aliphatic heterocycles. The first-order valence-corrected chi connectivity index (χ1v) is 9.27. The Bertz CT molecular complexity index is 890. The van der Waals surface area contributed by atoms with E-state index in [9.17, 15) is 4.79 Å². The number of hydrogen-bond donors (Lipinski definition) is 1. The van der Waals surface area contributed by atoms with E-state index in [2.05, 4.69) is 29.4 Å². The van der Waals surface area contributed by atoms with E-state index in [-0.39, 0.29) is 5.91 Å². The fourth-order valence-electron chi connectivity index (χ4n) is 2.56. The van der Waals surface area contributed by atoms with Crippen LogP contribution in [0.15, 0.2) is 36.4 Å². The quantitative estimate of drug-likeness (QED) is 0.590. The summed E-state index contributed by atoms with van der Waals surface area (Å²) in [6.45, 7) is 4.58. The first-order chi connectivity index (χ1) is 12.0. The lowest BCUT2D eigenvalue weighted by atomic mass is 10.1. The van der Waals surface area contributed by atoms with E-state index in [1.807, 2.05) is 19.1 Å². The Morgan fingerprint density at radius 3 is 2.76 bits per heavy atom. The molecule has 1 aromatic heterocycles. The summed E-state index contributed by atoms with van der Waals surface area (Å²) in [5.41, 5.74) is 3.28. The highest BCUT2D eigenvalue weighted by molar-refractivity contribution is 7.22. The fourth-order valence-corrected chi connectivity index (χ4v) is 3.74. The van der Waals surface area contributed by atoms with Gasteiger partial charge < -0.3 is 10.1 Å². The highest BCUT2D eigenvalue weighted by Crippen LogP contribution is 2.29. The lowest BCUT2D eigenvalue weighted by Crippen LogP contribution is -2.12. The molecule has 0 saturated carbocycles. The summed E-state index contributed by atoms with van der Waals surface area (Å²) in [7, 11) is 0. The SMILES string of the molecule is Cc1cc(C)c2nc(NC(=O)CCCOc3ccc(Cl)cc3)sc2c1. The molecule has 4 nitrogen and oxygen atoms in total. The van der Waals surface area contributed by atoms with Crippen LogP contribution in [0.2, 0.25) is 5.02 Å². The van der Waals surface area contributed by atoms with Gasteiger partial charge in [-0.2, -0.15) is 0 Å². The normalized spacial score (nSPS) is 10.8. The molecule has 0 bridgehead atoms. The third-order valence-corrected chi connectivity index (χ3v) is 4.88. The van der Waals surface area contributed by atoms with Gasteiger partial charge in [0.25, 0.3) is 0 Å². The van der Waals surface area contributed by atoms with Crippen molar-refractivity contribution in [2.75, 3.05) is 11.9 Å². The zero-order valence-corrected chi connectivity index (χ0v) is 15.7. The van der Waals surface area contributed by atoms with Crippen LogP contribution in [0, 0.1) is 13.8 Å². The molecule has 0 aliphatic carbocycles. The molecule has 1 amide bonds. The zero-order valence-electron chi connectivity index (χ0n) is 14.1. The molecule has 25 heavy (non-hydrogen) atoms. The molecule has 6 heteroatoms. The molecule has 0 saturated heterocycles. The second-order valence-electron chi connectivity index (χ2n) is 5.90. The number of thiazole rings is 1. The molecule has 1 heterocycles. The summed E-state index contributed by atoms with van der Waals surface area (Å²) < 4.78 is 6.68. The number of hydrogen-bond acceptors (Lipinski definition) is 4. The first-order valence-electron chi connectivity index (χ1n) is 8.07. The van der Waals surface area contributed by atoms with Gasteiger partial charge in [-0.05, 0) is 61.7 Å². The molecule has 0 atom stereocenters. The van der Waals surface area contributed by atoms with Crippen LogP contribution in [0.4, 0.5) is 5.13 Å². The molecule has 0 unspecified atom stereocenters. The highest BCUT2D eigenvalue weighted by Gasteiger charge is 2.10. The number of carbonyl (C=O) groups excluding carboxylic acids is 1. The van der Waals surface area contributed by atoms with Gasteiger partial charge in [0.15, 0.2) is 5.13 Å². The van der Waals surface area contributed by atoms with E-state index in [0.717, 1.165) is 21.5 Å². The van der Waals surface area contributed by atoms with Gasteiger partial charge in [0.1, 0.15) is 5.75 Å². The molecule has 0 aliphatic rings. The molecule has 3 rings (SSSR count). The number of carbonyl (C=O) groups is 1. The Morgan fingerprint density at radius 2 is 2.00 bits per heavy atom. The van der Waals surface area contributed by atoms with E-state index in [1.54, 1.807) is 12.1 Å². The zero-order chi connectivity index (χ0) is 17.8. The Labute approximate surface area is 155 Å². The predicted molar refractivity (Wildman–Crippen MR) is 104 cm³/mol. The van der Waals surface area contributed by atoms with Crippen LogP contribution in [0.25, 0.3) is 10.2 Å². The topological polar surface area (TPSA) is 51.2 Å². The molecule has 2 aromatic carbocycles. The van der Waals surface area contributed by atoms with Crippen LogP contribution in [0.5, 0.6) is 5.75 Å². The number of nitrogens with zero attached hydrogens (tertiary/aromatic N) is 1. The van der Waals surface area contributed by atoms with Crippen molar-refractivity contribution in [1.82, 2.24) is 4.98 Å². The maximum atomic E-state index is 12.1. The summed E-state index contributed by atoms with van der Waals surface area (Å²) in [5, 5.41) is 4.20.